The molecule has 1 amide bonds. The highest BCUT2D eigenvalue weighted by atomic mass is 16.2. The highest BCUT2D eigenvalue weighted by Gasteiger charge is 2.26. The number of amides is 1. The molecule has 0 spiro atoms. The maximum atomic E-state index is 12.9. The van der Waals surface area contributed by atoms with E-state index in [-0.39, 0.29) is 5.91 Å². The predicted molar refractivity (Wildman–Crippen MR) is 101 cm³/mol. The Bertz CT molecular complexity index is 946. The summed E-state index contributed by atoms with van der Waals surface area (Å²) in [5.41, 5.74) is 6.15. The van der Waals surface area contributed by atoms with Gasteiger partial charge in [0.05, 0.1) is 11.4 Å². The van der Waals surface area contributed by atoms with Crippen molar-refractivity contribution in [2.24, 2.45) is 7.05 Å². The largest absolute Gasteiger partial charge is 0.337 e. The Balaban J connectivity index is 1.62. The zero-order valence-electron chi connectivity index (χ0n) is 15.1. The van der Waals surface area contributed by atoms with Crippen LogP contribution in [-0.2, 0) is 19.9 Å². The topological polar surface area (TPSA) is 51.0 Å². The quantitative estimate of drug-likeness (QED) is 0.717. The number of pyridine rings is 1. The summed E-state index contributed by atoms with van der Waals surface area (Å²) < 4.78 is 1.97. The Kier molecular flexibility index (Phi) is 4.29. The molecule has 0 saturated heterocycles. The molecule has 26 heavy (non-hydrogen) atoms. The van der Waals surface area contributed by atoms with Gasteiger partial charge in [-0.15, -0.1) is 0 Å². The van der Waals surface area contributed by atoms with Gasteiger partial charge in [-0.3, -0.25) is 14.5 Å². The molecule has 0 N–H and O–H groups in total. The van der Waals surface area contributed by atoms with E-state index >= 15 is 0 Å². The molecule has 5 heteroatoms. The first-order chi connectivity index (χ1) is 12.6. The minimum atomic E-state index is 0.0129. The Morgan fingerprint density at radius 2 is 1.81 bits per heavy atom. The molecule has 0 fully saturated rings. The third kappa shape index (κ3) is 2.90. The molecule has 0 aliphatic carbocycles. The summed E-state index contributed by atoms with van der Waals surface area (Å²) in [7, 11) is 2.00. The highest BCUT2D eigenvalue weighted by molar-refractivity contribution is 5.93. The molecule has 0 radical (unpaired) electrons. The normalized spacial score (nSPS) is 14.0. The number of nitrogens with zero attached hydrogens (tertiary/aromatic N) is 4. The van der Waals surface area contributed by atoms with Gasteiger partial charge in [0.15, 0.2) is 0 Å². The van der Waals surface area contributed by atoms with Gasteiger partial charge in [0.1, 0.15) is 5.69 Å². The molecule has 1 aromatic carbocycles. The number of carbonyl (C=O) groups excluding carboxylic acids is 1. The molecule has 1 aliphatic rings. The van der Waals surface area contributed by atoms with Gasteiger partial charge in [0.2, 0.25) is 0 Å². The lowest BCUT2D eigenvalue weighted by Gasteiger charge is -2.20. The Morgan fingerprint density at radius 1 is 1.04 bits per heavy atom. The van der Waals surface area contributed by atoms with Gasteiger partial charge >= 0.3 is 0 Å². The number of benzene rings is 1. The van der Waals surface area contributed by atoms with Crippen LogP contribution in [0.5, 0.6) is 0 Å². The summed E-state index contributed by atoms with van der Waals surface area (Å²) in [6, 6.07) is 14.1. The van der Waals surface area contributed by atoms with Crippen molar-refractivity contribution in [1.82, 2.24) is 19.7 Å². The van der Waals surface area contributed by atoms with Gasteiger partial charge in [-0.05, 0) is 25.0 Å². The van der Waals surface area contributed by atoms with Crippen molar-refractivity contribution >= 4 is 5.91 Å². The molecule has 5 nitrogen and oxygen atoms in total. The minimum absolute atomic E-state index is 0.0129. The summed E-state index contributed by atoms with van der Waals surface area (Å²) in [6.07, 6.45) is 3.26. The number of aromatic nitrogens is 3. The van der Waals surface area contributed by atoms with Gasteiger partial charge in [0.25, 0.3) is 5.91 Å². The van der Waals surface area contributed by atoms with Crippen LogP contribution in [0.3, 0.4) is 0 Å². The van der Waals surface area contributed by atoms with Gasteiger partial charge in [-0.1, -0.05) is 36.4 Å². The zero-order chi connectivity index (χ0) is 18.1. The van der Waals surface area contributed by atoms with Crippen LogP contribution in [0.1, 0.15) is 27.3 Å². The first kappa shape index (κ1) is 16.5. The Labute approximate surface area is 153 Å². The summed E-state index contributed by atoms with van der Waals surface area (Å²) in [4.78, 5) is 19.1. The molecule has 3 heterocycles. The monoisotopic (exact) mass is 346 g/mol. The van der Waals surface area contributed by atoms with Crippen molar-refractivity contribution in [3.63, 3.8) is 0 Å². The zero-order valence-corrected chi connectivity index (χ0v) is 15.1. The molecule has 4 rings (SSSR count). The molecule has 0 saturated carbocycles. The number of carbonyl (C=O) groups is 1. The summed E-state index contributed by atoms with van der Waals surface area (Å²) in [6.45, 7) is 3.29. The third-order valence-electron chi connectivity index (χ3n) is 5.03. The number of hydrogen-bond donors (Lipinski definition) is 0. The van der Waals surface area contributed by atoms with Gasteiger partial charge < -0.3 is 4.90 Å². The van der Waals surface area contributed by atoms with E-state index in [0.29, 0.717) is 18.8 Å². The van der Waals surface area contributed by atoms with Crippen molar-refractivity contribution in [3.05, 3.63) is 71.2 Å². The van der Waals surface area contributed by atoms with E-state index in [9.17, 15) is 4.79 Å². The highest BCUT2D eigenvalue weighted by Crippen LogP contribution is 2.28. The lowest BCUT2D eigenvalue weighted by molar-refractivity contribution is 0.0756. The van der Waals surface area contributed by atoms with E-state index in [0.717, 1.165) is 29.8 Å². The second-order valence-corrected chi connectivity index (χ2v) is 6.72. The average molecular weight is 346 g/mol. The minimum Gasteiger partial charge on any atom is -0.337 e. The number of hydrogen-bond acceptors (Lipinski definition) is 3. The number of aryl methyl sites for hydroxylation is 2. The maximum Gasteiger partial charge on any atom is 0.272 e. The van der Waals surface area contributed by atoms with Crippen LogP contribution in [0.25, 0.3) is 11.3 Å². The number of fused-ring (bicyclic) bond motifs is 1. The van der Waals surface area contributed by atoms with E-state index in [1.54, 1.807) is 6.20 Å². The second kappa shape index (κ2) is 6.75. The van der Waals surface area contributed by atoms with Crippen molar-refractivity contribution in [2.45, 2.75) is 19.8 Å². The lowest BCUT2D eigenvalue weighted by Crippen LogP contribution is -2.34. The SMILES string of the molecule is Cc1cccnc1C(=O)N1CCc2nn(C)c(-c3ccccc3)c2CC1. The Hall–Kier alpha value is -2.95. The first-order valence-electron chi connectivity index (χ1n) is 8.96. The summed E-state index contributed by atoms with van der Waals surface area (Å²) in [5.74, 6) is 0.0129. The first-order valence-corrected chi connectivity index (χ1v) is 8.96. The summed E-state index contributed by atoms with van der Waals surface area (Å²) in [5, 5.41) is 4.73. The van der Waals surface area contributed by atoms with Crippen molar-refractivity contribution < 1.29 is 4.79 Å². The summed E-state index contributed by atoms with van der Waals surface area (Å²) >= 11 is 0. The van der Waals surface area contributed by atoms with Crippen LogP contribution in [-0.4, -0.2) is 38.7 Å². The smallest absolute Gasteiger partial charge is 0.272 e. The molecule has 3 aromatic rings. The van der Waals surface area contributed by atoms with E-state index in [2.05, 4.69) is 17.1 Å². The predicted octanol–water partition coefficient (Wildman–Crippen LogP) is 3.03. The molecule has 1 aliphatic heterocycles. The third-order valence-corrected chi connectivity index (χ3v) is 5.03. The fourth-order valence-electron chi connectivity index (χ4n) is 3.71. The van der Waals surface area contributed by atoms with E-state index in [4.69, 9.17) is 5.10 Å². The number of rotatable bonds is 2. The maximum absolute atomic E-state index is 12.9. The lowest BCUT2D eigenvalue weighted by atomic mass is 10.0. The fourth-order valence-corrected chi connectivity index (χ4v) is 3.71. The molecule has 0 atom stereocenters. The second-order valence-electron chi connectivity index (χ2n) is 6.72. The molecule has 132 valence electrons. The molecule has 0 unspecified atom stereocenters. The van der Waals surface area contributed by atoms with Crippen molar-refractivity contribution in [1.29, 1.82) is 0 Å². The van der Waals surface area contributed by atoms with Crippen LogP contribution < -0.4 is 0 Å². The van der Waals surface area contributed by atoms with Crippen LogP contribution in [0.15, 0.2) is 48.7 Å². The van der Waals surface area contributed by atoms with Gasteiger partial charge in [-0.2, -0.15) is 5.10 Å². The Morgan fingerprint density at radius 3 is 2.58 bits per heavy atom. The van der Waals surface area contributed by atoms with E-state index in [1.807, 2.05) is 53.9 Å². The van der Waals surface area contributed by atoms with Crippen molar-refractivity contribution in [3.8, 4) is 11.3 Å². The van der Waals surface area contributed by atoms with Gasteiger partial charge in [0, 0.05) is 43.9 Å². The fraction of sp³-hybridized carbons (Fsp3) is 0.286. The van der Waals surface area contributed by atoms with Crippen LogP contribution in [0.2, 0.25) is 0 Å². The molecular weight excluding hydrogens is 324 g/mol. The van der Waals surface area contributed by atoms with Crippen molar-refractivity contribution in [2.75, 3.05) is 13.1 Å². The van der Waals surface area contributed by atoms with E-state index < -0.39 is 0 Å². The standard InChI is InChI=1S/C21H22N4O/c1-15-7-6-12-22-19(15)21(26)25-13-10-17-18(11-14-25)23-24(2)20(17)16-8-4-3-5-9-16/h3-9,12H,10-11,13-14H2,1-2H3. The molecule has 2 aromatic heterocycles. The van der Waals surface area contributed by atoms with Crippen LogP contribution in [0, 0.1) is 6.92 Å². The van der Waals surface area contributed by atoms with Crippen LogP contribution in [0.4, 0.5) is 0 Å². The average Bonchev–Trinajstić information content (AvgIpc) is 2.83. The van der Waals surface area contributed by atoms with E-state index in [1.165, 1.54) is 11.1 Å². The van der Waals surface area contributed by atoms with Gasteiger partial charge in [-0.25, -0.2) is 0 Å². The molecular formula is C21H22N4O. The molecule has 0 bridgehead atoms. The van der Waals surface area contributed by atoms with Crippen LogP contribution >= 0.6 is 0 Å².